The highest BCUT2D eigenvalue weighted by atomic mass is 32.2. The SMILES string of the molecule is CC(=O)c1cccc(NS(=O)(=O)c2cc(-c3nnc(C(=O)N4CCCC4)o3)cs2)c1. The fourth-order valence-corrected chi connectivity index (χ4v) is 5.26. The minimum absolute atomic E-state index is 0.0383. The van der Waals surface area contributed by atoms with Crippen molar-refractivity contribution in [3.05, 3.63) is 47.2 Å². The fourth-order valence-electron chi connectivity index (χ4n) is 3.06. The van der Waals surface area contributed by atoms with Crippen LogP contribution < -0.4 is 4.72 Å². The smallest absolute Gasteiger partial charge is 0.311 e. The highest BCUT2D eigenvalue weighted by molar-refractivity contribution is 7.94. The van der Waals surface area contributed by atoms with Gasteiger partial charge in [-0.15, -0.1) is 21.5 Å². The molecule has 3 heterocycles. The Morgan fingerprint density at radius 1 is 1.17 bits per heavy atom. The van der Waals surface area contributed by atoms with Crippen molar-refractivity contribution in [1.29, 1.82) is 0 Å². The van der Waals surface area contributed by atoms with Gasteiger partial charge in [-0.1, -0.05) is 12.1 Å². The summed E-state index contributed by atoms with van der Waals surface area (Å²) in [6.45, 7) is 2.73. The molecule has 0 aliphatic carbocycles. The van der Waals surface area contributed by atoms with Gasteiger partial charge in [0.1, 0.15) is 4.21 Å². The Balaban J connectivity index is 1.53. The van der Waals surface area contributed by atoms with E-state index in [2.05, 4.69) is 14.9 Å². The Bertz CT molecular complexity index is 1210. The van der Waals surface area contributed by atoms with Gasteiger partial charge in [-0.3, -0.25) is 14.3 Å². The number of carbonyl (C=O) groups excluding carboxylic acids is 2. The second kappa shape index (κ2) is 8.00. The van der Waals surface area contributed by atoms with E-state index in [0.29, 0.717) is 24.2 Å². The maximum atomic E-state index is 12.7. The Morgan fingerprint density at radius 2 is 1.93 bits per heavy atom. The van der Waals surface area contributed by atoms with Crippen LogP contribution in [0.5, 0.6) is 0 Å². The molecule has 0 unspecified atom stereocenters. The average molecular weight is 447 g/mol. The van der Waals surface area contributed by atoms with Crippen LogP contribution in [0.15, 0.2) is 44.3 Å². The summed E-state index contributed by atoms with van der Waals surface area (Å²) < 4.78 is 33.4. The monoisotopic (exact) mass is 446 g/mol. The molecule has 1 aliphatic heterocycles. The molecule has 1 fully saturated rings. The molecule has 1 aromatic carbocycles. The molecule has 1 saturated heterocycles. The number of rotatable bonds is 6. The quantitative estimate of drug-likeness (QED) is 0.577. The molecule has 11 heteroatoms. The van der Waals surface area contributed by atoms with Crippen LogP contribution >= 0.6 is 11.3 Å². The minimum atomic E-state index is -3.87. The lowest BCUT2D eigenvalue weighted by Crippen LogP contribution is -2.27. The molecular weight excluding hydrogens is 428 g/mol. The molecule has 4 rings (SSSR count). The number of hydrogen-bond donors (Lipinski definition) is 1. The van der Waals surface area contributed by atoms with Crippen molar-refractivity contribution >= 4 is 38.7 Å². The van der Waals surface area contributed by atoms with Crippen LogP contribution in [0.4, 0.5) is 5.69 Å². The van der Waals surface area contributed by atoms with Crippen LogP contribution in [0.2, 0.25) is 0 Å². The standard InChI is InChI=1S/C19H18N4O5S2/c1-12(24)13-5-4-6-15(9-13)22-30(26,27)16-10-14(11-29-16)17-20-21-18(28-17)19(25)23-7-2-3-8-23/h4-6,9-11,22H,2-3,7-8H2,1H3. The van der Waals surface area contributed by atoms with E-state index in [4.69, 9.17) is 4.42 Å². The van der Waals surface area contributed by atoms with Crippen molar-refractivity contribution in [2.24, 2.45) is 0 Å². The van der Waals surface area contributed by atoms with E-state index in [1.807, 2.05) is 0 Å². The van der Waals surface area contributed by atoms with Gasteiger partial charge in [0.15, 0.2) is 5.78 Å². The van der Waals surface area contributed by atoms with Gasteiger partial charge in [0.05, 0.1) is 5.56 Å². The molecule has 30 heavy (non-hydrogen) atoms. The first-order valence-corrected chi connectivity index (χ1v) is 11.6. The average Bonchev–Trinajstić information content (AvgIpc) is 3.48. The molecule has 0 spiro atoms. The minimum Gasteiger partial charge on any atom is -0.412 e. The summed E-state index contributed by atoms with van der Waals surface area (Å²) in [5.41, 5.74) is 1.10. The second-order valence-corrected chi connectivity index (χ2v) is 9.63. The topological polar surface area (TPSA) is 122 Å². The van der Waals surface area contributed by atoms with Crippen molar-refractivity contribution in [2.75, 3.05) is 17.8 Å². The van der Waals surface area contributed by atoms with E-state index in [1.165, 1.54) is 19.1 Å². The number of carbonyl (C=O) groups is 2. The van der Waals surface area contributed by atoms with Crippen LogP contribution in [0.3, 0.4) is 0 Å². The van der Waals surface area contributed by atoms with E-state index < -0.39 is 10.0 Å². The molecule has 0 atom stereocenters. The summed E-state index contributed by atoms with van der Waals surface area (Å²) in [4.78, 5) is 25.5. The number of sulfonamides is 1. The van der Waals surface area contributed by atoms with Crippen LogP contribution in [0.25, 0.3) is 11.5 Å². The number of anilines is 1. The number of hydrogen-bond acceptors (Lipinski definition) is 8. The largest absolute Gasteiger partial charge is 0.412 e. The first kappa shape index (κ1) is 20.2. The fraction of sp³-hybridized carbons (Fsp3) is 0.263. The number of ketones is 1. The lowest BCUT2D eigenvalue weighted by molar-refractivity contribution is 0.0753. The lowest BCUT2D eigenvalue weighted by atomic mass is 10.1. The Hall–Kier alpha value is -3.05. The highest BCUT2D eigenvalue weighted by Gasteiger charge is 2.26. The van der Waals surface area contributed by atoms with Gasteiger partial charge in [-0.05, 0) is 38.0 Å². The second-order valence-electron chi connectivity index (χ2n) is 6.81. The molecule has 1 aliphatic rings. The van der Waals surface area contributed by atoms with Gasteiger partial charge in [0, 0.05) is 29.7 Å². The maximum Gasteiger partial charge on any atom is 0.311 e. The van der Waals surface area contributed by atoms with Gasteiger partial charge in [0.25, 0.3) is 10.0 Å². The number of nitrogens with one attached hydrogen (secondary N) is 1. The van der Waals surface area contributed by atoms with E-state index in [-0.39, 0.29) is 33.4 Å². The molecule has 1 N–H and O–H groups in total. The van der Waals surface area contributed by atoms with E-state index in [1.54, 1.807) is 28.5 Å². The Kier molecular flexibility index (Phi) is 5.39. The molecule has 1 amide bonds. The van der Waals surface area contributed by atoms with Crippen molar-refractivity contribution < 1.29 is 22.4 Å². The number of nitrogens with zero attached hydrogens (tertiary/aromatic N) is 3. The highest BCUT2D eigenvalue weighted by Crippen LogP contribution is 2.29. The zero-order valence-corrected chi connectivity index (χ0v) is 17.6. The number of aromatic nitrogens is 2. The van der Waals surface area contributed by atoms with Crippen molar-refractivity contribution in [3.8, 4) is 11.5 Å². The summed E-state index contributed by atoms with van der Waals surface area (Å²) in [5.74, 6) is -0.512. The lowest BCUT2D eigenvalue weighted by Gasteiger charge is -2.11. The Labute approximate surface area is 176 Å². The van der Waals surface area contributed by atoms with E-state index in [9.17, 15) is 18.0 Å². The van der Waals surface area contributed by atoms with Gasteiger partial charge in [-0.25, -0.2) is 8.42 Å². The number of likely N-dealkylation sites (tertiary alicyclic amines) is 1. The number of thiophene rings is 1. The number of benzene rings is 1. The van der Waals surface area contributed by atoms with Crippen LogP contribution in [-0.4, -0.2) is 48.3 Å². The summed E-state index contributed by atoms with van der Waals surface area (Å²) in [5, 5.41) is 9.25. The van der Waals surface area contributed by atoms with Crippen LogP contribution in [0, 0.1) is 0 Å². The molecule has 0 saturated carbocycles. The third-order valence-electron chi connectivity index (χ3n) is 4.61. The predicted octanol–water partition coefficient (Wildman–Crippen LogP) is 3.04. The maximum absolute atomic E-state index is 12.7. The Morgan fingerprint density at radius 3 is 2.67 bits per heavy atom. The number of Topliss-reactive ketones (excluding diaryl/α,β-unsaturated/α-hetero) is 1. The zero-order chi connectivity index (χ0) is 21.3. The third kappa shape index (κ3) is 4.12. The van der Waals surface area contributed by atoms with Crippen LogP contribution in [0.1, 0.15) is 40.8 Å². The van der Waals surface area contributed by atoms with Gasteiger partial charge >= 0.3 is 11.8 Å². The normalized spacial score (nSPS) is 14.1. The van der Waals surface area contributed by atoms with Crippen molar-refractivity contribution in [2.45, 2.75) is 24.0 Å². The van der Waals surface area contributed by atoms with Gasteiger partial charge < -0.3 is 9.32 Å². The molecule has 0 radical (unpaired) electrons. The molecule has 0 bridgehead atoms. The summed E-state index contributed by atoms with van der Waals surface area (Å²) in [6.07, 6.45) is 1.89. The molecule has 9 nitrogen and oxygen atoms in total. The van der Waals surface area contributed by atoms with Crippen molar-refractivity contribution in [3.63, 3.8) is 0 Å². The van der Waals surface area contributed by atoms with Crippen molar-refractivity contribution in [1.82, 2.24) is 15.1 Å². The molecule has 3 aromatic rings. The van der Waals surface area contributed by atoms with Gasteiger partial charge in [0.2, 0.25) is 5.89 Å². The van der Waals surface area contributed by atoms with E-state index >= 15 is 0 Å². The predicted molar refractivity (Wildman–Crippen MR) is 110 cm³/mol. The summed E-state index contributed by atoms with van der Waals surface area (Å²) >= 11 is 0.984. The molecule has 2 aromatic heterocycles. The summed E-state index contributed by atoms with van der Waals surface area (Å²) in [7, 11) is -3.87. The van der Waals surface area contributed by atoms with E-state index in [0.717, 1.165) is 24.2 Å². The van der Waals surface area contributed by atoms with Crippen LogP contribution in [-0.2, 0) is 10.0 Å². The molecular formula is C19H18N4O5S2. The van der Waals surface area contributed by atoms with Gasteiger partial charge in [-0.2, -0.15) is 0 Å². The summed E-state index contributed by atoms with van der Waals surface area (Å²) in [6, 6.07) is 7.65. The first-order valence-electron chi connectivity index (χ1n) is 9.19. The zero-order valence-electron chi connectivity index (χ0n) is 16.0. The third-order valence-corrected chi connectivity index (χ3v) is 7.43. The molecule has 156 valence electrons. The first-order chi connectivity index (χ1) is 14.3. The number of amides is 1.